The summed E-state index contributed by atoms with van der Waals surface area (Å²) in [6, 6.07) is 0. The maximum Gasteiger partial charge on any atom is 0.581 e. The zero-order valence-electron chi connectivity index (χ0n) is 20.6. The Kier molecular flexibility index (Phi) is 7.41. The van der Waals surface area contributed by atoms with Gasteiger partial charge in [0.15, 0.2) is 69.8 Å². The Labute approximate surface area is 239 Å². The van der Waals surface area contributed by atoms with Gasteiger partial charge in [0.25, 0.3) is 5.85 Å². The van der Waals surface area contributed by atoms with E-state index in [1.54, 1.807) is 0 Å². The minimum Gasteiger partial charge on any atom is -0.529 e. The molecule has 0 bridgehead atoms. The first kappa shape index (κ1) is 33.0. The number of hydrogen-bond acceptors (Lipinski definition) is 2. The van der Waals surface area contributed by atoms with Crippen LogP contribution in [0.25, 0.3) is 11.7 Å². The van der Waals surface area contributed by atoms with Crippen LogP contribution >= 0.6 is 0 Å². The van der Waals surface area contributed by atoms with E-state index in [1.165, 1.54) is 0 Å². The molecule has 0 spiro atoms. The molecule has 0 aromatic heterocycles. The van der Waals surface area contributed by atoms with Crippen molar-refractivity contribution < 1.29 is 92.7 Å². The minimum absolute atomic E-state index is 2.57. The van der Waals surface area contributed by atoms with E-state index < -0.39 is 145 Å². The summed E-state index contributed by atoms with van der Waals surface area (Å²) in [6.07, 6.45) is 0. The van der Waals surface area contributed by atoms with Gasteiger partial charge in [-0.2, -0.15) is 13.2 Å². The highest BCUT2D eigenvalue weighted by atomic mass is 19.2. The monoisotopic (exact) mass is 692 g/mol. The van der Waals surface area contributed by atoms with Crippen molar-refractivity contribution in [3.05, 3.63) is 110 Å². The third-order valence-corrected chi connectivity index (χ3v) is 6.63. The highest BCUT2D eigenvalue weighted by Gasteiger charge is 2.68. The Morgan fingerprint density at radius 3 is 1.22 bits per heavy atom. The molecule has 2 atom stereocenters. The maximum absolute atomic E-state index is 16.5. The van der Waals surface area contributed by atoms with Gasteiger partial charge in [-0.15, -0.1) is 0 Å². The molecule has 3 aromatic carbocycles. The van der Waals surface area contributed by atoms with Gasteiger partial charge in [-0.25, -0.2) is 70.2 Å². The molecule has 0 aliphatic heterocycles. The third kappa shape index (κ3) is 3.93. The summed E-state index contributed by atoms with van der Waals surface area (Å²) in [7, 11) is -4.78. The first-order chi connectivity index (χ1) is 21.2. The molecule has 0 saturated heterocycles. The van der Waals surface area contributed by atoms with E-state index >= 15 is 13.2 Å². The van der Waals surface area contributed by atoms with Crippen molar-refractivity contribution in [1.29, 1.82) is 0 Å². The van der Waals surface area contributed by atoms with E-state index in [0.717, 1.165) is 0 Å². The van der Waals surface area contributed by atoms with E-state index in [1.807, 2.05) is 0 Å². The summed E-state index contributed by atoms with van der Waals surface area (Å²) >= 11 is 0. The third-order valence-electron chi connectivity index (χ3n) is 6.63. The number of rotatable bonds is 5. The van der Waals surface area contributed by atoms with Crippen LogP contribution in [0.15, 0.2) is 11.7 Å². The van der Waals surface area contributed by atoms with Crippen LogP contribution in [0.5, 0.6) is 5.75 Å². The van der Waals surface area contributed by atoms with Gasteiger partial charge in [0.1, 0.15) is 0 Å². The summed E-state index contributed by atoms with van der Waals surface area (Å²) in [4.78, 5) is 0. The van der Waals surface area contributed by atoms with Gasteiger partial charge in [0.05, 0.1) is 16.7 Å². The lowest BCUT2D eigenvalue weighted by Crippen LogP contribution is -2.51. The zero-order chi connectivity index (χ0) is 34.7. The van der Waals surface area contributed by atoms with Gasteiger partial charge >= 0.3 is 7.12 Å². The second kappa shape index (κ2) is 10.3. The van der Waals surface area contributed by atoms with Crippen molar-refractivity contribution in [2.75, 3.05) is 0 Å². The molecular formula is C24BF19O2. The molecule has 5 rings (SSSR count). The van der Waals surface area contributed by atoms with E-state index in [-0.39, 0.29) is 0 Å². The standard InChI is InChI=1S/C24BF19O2/c26-5-1-3(9(30)13(34)11(5)32)23(43,21(41)7(1)28)25(45-20-18(39)16(37)15(36)17(38)19(20)40)46-24(44)4-2(8(29)22(24)42)6(27)12(33)14(35)10(4)31. The smallest absolute Gasteiger partial charge is 0.529 e. The molecule has 2 aliphatic rings. The van der Waals surface area contributed by atoms with E-state index in [0.29, 0.717) is 0 Å². The number of halogens is 19. The fraction of sp³-hybridized carbons (Fsp3) is 0.0833. The second-order valence-electron chi connectivity index (χ2n) is 9.04. The van der Waals surface area contributed by atoms with Gasteiger partial charge in [-0.3, -0.25) is 0 Å². The Hall–Kier alpha value is -4.37. The van der Waals surface area contributed by atoms with Gasteiger partial charge in [-0.1, -0.05) is 0 Å². The predicted molar refractivity (Wildman–Crippen MR) is 110 cm³/mol. The van der Waals surface area contributed by atoms with Crippen LogP contribution in [0.3, 0.4) is 0 Å². The Morgan fingerprint density at radius 1 is 0.391 bits per heavy atom. The molecule has 0 heterocycles. The molecule has 2 nitrogen and oxygen atoms in total. The topological polar surface area (TPSA) is 18.5 Å². The SMILES string of the molecule is FC1=C(F)C(F)(OB(Oc2c(F)c(F)c(F)c(F)c2F)C2(F)C(F)=C(F)c3c(F)c(F)c(F)c(F)c32)c2c(F)c(F)c(F)c(F)c21. The Balaban J connectivity index is 1.86. The van der Waals surface area contributed by atoms with Crippen molar-refractivity contribution in [1.82, 2.24) is 0 Å². The summed E-state index contributed by atoms with van der Waals surface area (Å²) in [5.41, 5.74) is -16.6. The molecule has 0 fully saturated rings. The average molecular weight is 692 g/mol. The quantitative estimate of drug-likeness (QED) is 0.115. The largest absolute Gasteiger partial charge is 0.581 e. The van der Waals surface area contributed by atoms with Gasteiger partial charge in [-0.05, 0) is 0 Å². The predicted octanol–water partition coefficient (Wildman–Crippen LogP) is 8.85. The number of hydrogen-bond donors (Lipinski definition) is 0. The Morgan fingerprint density at radius 2 is 0.739 bits per heavy atom. The molecule has 2 aliphatic carbocycles. The van der Waals surface area contributed by atoms with E-state index in [2.05, 4.69) is 9.31 Å². The molecular weight excluding hydrogens is 692 g/mol. The van der Waals surface area contributed by atoms with E-state index in [4.69, 9.17) is 0 Å². The van der Waals surface area contributed by atoms with Crippen molar-refractivity contribution in [3.8, 4) is 5.75 Å². The average Bonchev–Trinajstić information content (AvgIpc) is 3.35. The molecule has 0 amide bonds. The van der Waals surface area contributed by atoms with E-state index in [9.17, 15) is 70.2 Å². The van der Waals surface area contributed by atoms with Gasteiger partial charge < -0.3 is 9.31 Å². The van der Waals surface area contributed by atoms with Crippen LogP contribution in [0.4, 0.5) is 83.4 Å². The molecule has 0 radical (unpaired) electrons. The molecule has 0 saturated carbocycles. The molecule has 2 unspecified atom stereocenters. The minimum atomic E-state index is -5.66. The maximum atomic E-state index is 16.5. The first-order valence-electron chi connectivity index (χ1n) is 11.3. The zero-order valence-corrected chi connectivity index (χ0v) is 20.6. The molecule has 0 N–H and O–H groups in total. The lowest BCUT2D eigenvalue weighted by Gasteiger charge is -2.32. The number of allylic oxidation sites excluding steroid dienone is 1. The summed E-state index contributed by atoms with van der Waals surface area (Å²) in [5.74, 6) is -62.1. The van der Waals surface area contributed by atoms with Crippen LogP contribution in [0.2, 0.25) is 0 Å². The van der Waals surface area contributed by atoms with Crippen molar-refractivity contribution >= 4 is 18.8 Å². The fourth-order valence-corrected chi connectivity index (χ4v) is 4.52. The van der Waals surface area contributed by atoms with Crippen molar-refractivity contribution in [3.63, 3.8) is 0 Å². The van der Waals surface area contributed by atoms with Crippen LogP contribution in [-0.2, 0) is 16.1 Å². The van der Waals surface area contributed by atoms with Crippen molar-refractivity contribution in [2.45, 2.75) is 11.4 Å². The molecule has 46 heavy (non-hydrogen) atoms. The lowest BCUT2D eigenvalue weighted by molar-refractivity contribution is -0.0747. The second-order valence-corrected chi connectivity index (χ2v) is 9.04. The van der Waals surface area contributed by atoms with Crippen molar-refractivity contribution in [2.24, 2.45) is 0 Å². The van der Waals surface area contributed by atoms with Crippen LogP contribution < -0.4 is 4.65 Å². The molecule has 3 aromatic rings. The van der Waals surface area contributed by atoms with Gasteiger partial charge in [0.2, 0.25) is 40.5 Å². The number of benzene rings is 3. The highest BCUT2D eigenvalue weighted by molar-refractivity contribution is 6.51. The summed E-state index contributed by atoms with van der Waals surface area (Å²) < 4.78 is 283. The first-order valence-corrected chi connectivity index (χ1v) is 11.3. The summed E-state index contributed by atoms with van der Waals surface area (Å²) in [6.45, 7) is 0. The number of fused-ring (bicyclic) bond motifs is 2. The molecule has 244 valence electrons. The lowest BCUT2D eigenvalue weighted by atomic mass is 9.64. The molecule has 22 heteroatoms. The summed E-state index contributed by atoms with van der Waals surface area (Å²) in [5, 5.41) is 0. The van der Waals surface area contributed by atoms with Crippen LogP contribution in [0.1, 0.15) is 22.3 Å². The highest BCUT2D eigenvalue weighted by Crippen LogP contribution is 2.58. The van der Waals surface area contributed by atoms with Gasteiger partial charge in [0, 0.05) is 5.56 Å². The fourth-order valence-electron chi connectivity index (χ4n) is 4.52. The normalized spacial score (nSPS) is 20.6. The van der Waals surface area contributed by atoms with Crippen LogP contribution in [0, 0.1) is 75.6 Å². The number of alkyl halides is 2. The van der Waals surface area contributed by atoms with Crippen LogP contribution in [-0.4, -0.2) is 7.12 Å². The Bertz CT molecular complexity index is 1950.